The third-order valence-corrected chi connectivity index (χ3v) is 7.15. The van der Waals surface area contributed by atoms with Crippen LogP contribution in [0.25, 0.3) is 0 Å². The first-order valence-corrected chi connectivity index (χ1v) is 12.4. The van der Waals surface area contributed by atoms with Crippen molar-refractivity contribution in [1.29, 1.82) is 0 Å². The van der Waals surface area contributed by atoms with Crippen LogP contribution < -0.4 is 4.90 Å². The van der Waals surface area contributed by atoms with E-state index in [9.17, 15) is 28.8 Å². The molecule has 2 aliphatic rings. The monoisotopic (exact) mass is 528 g/mol. The van der Waals surface area contributed by atoms with Crippen LogP contribution in [0.15, 0.2) is 84.9 Å². The van der Waals surface area contributed by atoms with Crippen molar-refractivity contribution < 1.29 is 28.8 Å². The van der Waals surface area contributed by atoms with Crippen molar-refractivity contribution in [3.8, 4) is 0 Å². The molecule has 0 spiro atoms. The molecule has 0 atom stereocenters. The number of fused-ring (bicyclic) bond motifs is 2. The number of nitrogens with zero attached hydrogens (tertiary/aromatic N) is 2. The van der Waals surface area contributed by atoms with Crippen LogP contribution in [-0.2, 0) is 0 Å². The summed E-state index contributed by atoms with van der Waals surface area (Å²) in [4.78, 5) is 79.5. The number of anilines is 1. The molecule has 2 aliphatic heterocycles. The van der Waals surface area contributed by atoms with Crippen molar-refractivity contribution in [2.45, 2.75) is 6.92 Å². The molecule has 2 heterocycles. The van der Waals surface area contributed by atoms with E-state index in [1.165, 1.54) is 49.5 Å². The second-order valence-corrected chi connectivity index (χ2v) is 9.71. The van der Waals surface area contributed by atoms with Crippen molar-refractivity contribution >= 4 is 40.9 Å². The SMILES string of the molecule is Cc1cccc(C(=O)c2cccc(N3C(=O)c4ccc(C(=O)c5ccc6c(c5)C(=O)N(C)C6=O)cc4C3=O)c2)c1. The highest BCUT2D eigenvalue weighted by Crippen LogP contribution is 2.31. The number of aryl methyl sites for hydroxylation is 1. The summed E-state index contributed by atoms with van der Waals surface area (Å²) >= 11 is 0. The number of benzene rings is 4. The van der Waals surface area contributed by atoms with Gasteiger partial charge in [-0.05, 0) is 49.4 Å². The van der Waals surface area contributed by atoms with Gasteiger partial charge in [0.2, 0.25) is 0 Å². The number of imide groups is 2. The zero-order valence-electron chi connectivity index (χ0n) is 21.4. The number of hydrogen-bond acceptors (Lipinski definition) is 6. The molecule has 0 bridgehead atoms. The first-order valence-electron chi connectivity index (χ1n) is 12.4. The molecule has 4 amide bonds. The highest BCUT2D eigenvalue weighted by Gasteiger charge is 2.38. The third kappa shape index (κ3) is 3.77. The molecule has 194 valence electrons. The van der Waals surface area contributed by atoms with Crippen LogP contribution in [0.5, 0.6) is 0 Å². The predicted molar refractivity (Wildman–Crippen MR) is 145 cm³/mol. The van der Waals surface area contributed by atoms with E-state index in [0.29, 0.717) is 11.1 Å². The summed E-state index contributed by atoms with van der Waals surface area (Å²) < 4.78 is 0. The maximum Gasteiger partial charge on any atom is 0.266 e. The van der Waals surface area contributed by atoms with Gasteiger partial charge in [-0.2, -0.15) is 0 Å². The van der Waals surface area contributed by atoms with Crippen LogP contribution in [0.1, 0.15) is 78.8 Å². The summed E-state index contributed by atoms with van der Waals surface area (Å²) in [6.45, 7) is 1.88. The Morgan fingerprint density at radius 1 is 0.525 bits per heavy atom. The van der Waals surface area contributed by atoms with Crippen LogP contribution >= 0.6 is 0 Å². The number of amides is 4. The van der Waals surface area contributed by atoms with Crippen LogP contribution in [0.4, 0.5) is 5.69 Å². The zero-order chi connectivity index (χ0) is 28.3. The number of carbonyl (C=O) groups is 6. The molecule has 40 heavy (non-hydrogen) atoms. The Morgan fingerprint density at radius 2 is 1.00 bits per heavy atom. The lowest BCUT2D eigenvalue weighted by Crippen LogP contribution is -2.29. The smallest absolute Gasteiger partial charge is 0.266 e. The lowest BCUT2D eigenvalue weighted by atomic mass is 9.96. The molecule has 0 aromatic heterocycles. The summed E-state index contributed by atoms with van der Waals surface area (Å²) in [7, 11) is 1.37. The Morgan fingerprint density at radius 3 is 1.62 bits per heavy atom. The van der Waals surface area contributed by atoms with Crippen molar-refractivity contribution in [3.05, 3.63) is 135 Å². The van der Waals surface area contributed by atoms with Gasteiger partial charge in [-0.25, -0.2) is 4.90 Å². The van der Waals surface area contributed by atoms with Crippen molar-refractivity contribution in [3.63, 3.8) is 0 Å². The standard InChI is InChI=1S/C32H20N2O6/c1-17-5-3-6-18(13-17)27(35)19-7-4-8-22(14-19)34-31(39)24-12-10-21(16-26(24)32(34)40)28(36)20-9-11-23-25(15-20)30(38)33(2)29(23)37/h3-16H,1-2H3. The number of carbonyl (C=O) groups excluding carboxylic acids is 6. The molecule has 0 saturated heterocycles. The first kappa shape index (κ1) is 24.8. The third-order valence-electron chi connectivity index (χ3n) is 7.15. The van der Waals surface area contributed by atoms with E-state index in [1.807, 2.05) is 13.0 Å². The highest BCUT2D eigenvalue weighted by molar-refractivity contribution is 6.35. The van der Waals surface area contributed by atoms with Crippen LogP contribution in [0.3, 0.4) is 0 Å². The van der Waals surface area contributed by atoms with Crippen LogP contribution in [0.2, 0.25) is 0 Å². The van der Waals surface area contributed by atoms with Gasteiger partial charge < -0.3 is 0 Å². The van der Waals surface area contributed by atoms with E-state index in [4.69, 9.17) is 0 Å². The molecular weight excluding hydrogens is 508 g/mol. The molecule has 6 rings (SSSR count). The molecule has 0 saturated carbocycles. The van der Waals surface area contributed by atoms with E-state index in [0.717, 1.165) is 15.4 Å². The Labute approximate surface area is 228 Å². The predicted octanol–water partition coefficient (Wildman–Crippen LogP) is 4.48. The van der Waals surface area contributed by atoms with Gasteiger partial charge in [0, 0.05) is 29.3 Å². The van der Waals surface area contributed by atoms with Crippen LogP contribution in [0, 0.1) is 6.92 Å². The molecular formula is C32H20N2O6. The average molecular weight is 529 g/mol. The summed E-state index contributed by atoms with van der Waals surface area (Å²) in [5.74, 6) is -2.83. The molecule has 0 unspecified atom stereocenters. The zero-order valence-corrected chi connectivity index (χ0v) is 21.4. The van der Waals surface area contributed by atoms with Gasteiger partial charge in [0.05, 0.1) is 27.9 Å². The maximum atomic E-state index is 13.4. The summed E-state index contributed by atoms with van der Waals surface area (Å²) in [6, 6.07) is 21.9. The molecule has 0 aliphatic carbocycles. The number of hydrogen-bond donors (Lipinski definition) is 0. The van der Waals surface area contributed by atoms with E-state index in [2.05, 4.69) is 0 Å². The molecule has 4 aromatic carbocycles. The Hall–Kier alpha value is -5.50. The number of rotatable bonds is 5. The van der Waals surface area contributed by atoms with Crippen LogP contribution in [-0.4, -0.2) is 47.1 Å². The fraction of sp³-hybridized carbons (Fsp3) is 0.0625. The molecule has 0 N–H and O–H groups in total. The van der Waals surface area contributed by atoms with Gasteiger partial charge in [0.25, 0.3) is 23.6 Å². The maximum absolute atomic E-state index is 13.4. The second-order valence-electron chi connectivity index (χ2n) is 9.71. The molecule has 8 heteroatoms. The lowest BCUT2D eigenvalue weighted by molar-refractivity contribution is 0.0691. The second kappa shape index (κ2) is 9.06. The van der Waals surface area contributed by atoms with Gasteiger partial charge >= 0.3 is 0 Å². The van der Waals surface area contributed by atoms with Gasteiger partial charge in [-0.15, -0.1) is 0 Å². The Balaban J connectivity index is 1.31. The average Bonchev–Trinajstić information content (AvgIpc) is 3.35. The molecule has 4 aromatic rings. The minimum atomic E-state index is -0.619. The Kier molecular flexibility index (Phi) is 5.62. The summed E-state index contributed by atoms with van der Waals surface area (Å²) in [5.41, 5.74) is 2.85. The van der Waals surface area contributed by atoms with Gasteiger partial charge in [0.1, 0.15) is 0 Å². The Bertz CT molecular complexity index is 1850. The summed E-state index contributed by atoms with van der Waals surface area (Å²) in [5, 5.41) is 0. The fourth-order valence-electron chi connectivity index (χ4n) is 5.02. The van der Waals surface area contributed by atoms with Crippen molar-refractivity contribution in [2.24, 2.45) is 0 Å². The topological polar surface area (TPSA) is 109 Å². The molecule has 0 radical (unpaired) electrons. The highest BCUT2D eigenvalue weighted by atomic mass is 16.2. The first-order chi connectivity index (χ1) is 19.2. The largest absolute Gasteiger partial charge is 0.289 e. The number of ketones is 2. The lowest BCUT2D eigenvalue weighted by Gasteiger charge is -2.15. The van der Waals surface area contributed by atoms with Gasteiger partial charge in [0.15, 0.2) is 11.6 Å². The van der Waals surface area contributed by atoms with E-state index < -0.39 is 29.4 Å². The normalized spacial score (nSPS) is 14.1. The summed E-state index contributed by atoms with van der Waals surface area (Å²) in [6.07, 6.45) is 0. The minimum absolute atomic E-state index is 0.0541. The molecule has 0 fully saturated rings. The quantitative estimate of drug-likeness (QED) is 0.279. The van der Waals surface area contributed by atoms with Gasteiger partial charge in [-0.1, -0.05) is 48.0 Å². The van der Waals surface area contributed by atoms with Crippen molar-refractivity contribution in [2.75, 3.05) is 11.9 Å². The van der Waals surface area contributed by atoms with Crippen molar-refractivity contribution in [1.82, 2.24) is 4.90 Å². The van der Waals surface area contributed by atoms with E-state index in [-0.39, 0.29) is 44.9 Å². The fourth-order valence-corrected chi connectivity index (χ4v) is 5.02. The van der Waals surface area contributed by atoms with Gasteiger partial charge in [-0.3, -0.25) is 33.7 Å². The van der Waals surface area contributed by atoms with E-state index in [1.54, 1.807) is 36.4 Å². The van der Waals surface area contributed by atoms with E-state index >= 15 is 0 Å². The minimum Gasteiger partial charge on any atom is -0.289 e. The molecule has 8 nitrogen and oxygen atoms in total.